The van der Waals surface area contributed by atoms with Crippen molar-refractivity contribution >= 4 is 17.5 Å². The van der Waals surface area contributed by atoms with E-state index in [1.807, 2.05) is 24.3 Å². The predicted molar refractivity (Wildman–Crippen MR) is 53.2 cm³/mol. The lowest BCUT2D eigenvalue weighted by atomic mass is 10.1. The number of ether oxygens (including phenoxy) is 1. The molecule has 1 aromatic carbocycles. The maximum Gasteiger partial charge on any atom is 0.246 e. The molecule has 1 unspecified atom stereocenters. The van der Waals surface area contributed by atoms with Crippen LogP contribution < -0.4 is 5.32 Å². The zero-order chi connectivity index (χ0) is 9.97. The summed E-state index contributed by atoms with van der Waals surface area (Å²) in [6, 6.07) is 7.47. The fourth-order valence-corrected chi connectivity index (χ4v) is 1.61. The van der Waals surface area contributed by atoms with Gasteiger partial charge in [-0.1, -0.05) is 23.7 Å². The molecule has 3 nitrogen and oxygen atoms in total. The summed E-state index contributed by atoms with van der Waals surface area (Å²) in [6.07, 6.45) is -0.0774. The first-order valence-corrected chi connectivity index (χ1v) is 4.77. The van der Waals surface area contributed by atoms with Crippen molar-refractivity contribution in [3.63, 3.8) is 0 Å². The molecule has 1 saturated heterocycles. The zero-order valence-electron chi connectivity index (χ0n) is 7.50. The van der Waals surface area contributed by atoms with Crippen molar-refractivity contribution in [2.45, 2.75) is 6.10 Å². The molecule has 0 saturated carbocycles. The topological polar surface area (TPSA) is 38.3 Å². The number of nitrogens with one attached hydrogen (secondary N) is 1. The standard InChI is InChI=1S/C10H10ClNO2/c11-8-3-1-2-7(4-8)9-5-12-10(13)6-14-9/h1-4,9H,5-6H2,(H,12,13). The van der Waals surface area contributed by atoms with Crippen LogP contribution in [0.15, 0.2) is 24.3 Å². The number of morpholine rings is 1. The molecule has 1 aromatic rings. The van der Waals surface area contributed by atoms with Crippen LogP contribution in [-0.4, -0.2) is 19.1 Å². The summed E-state index contributed by atoms with van der Waals surface area (Å²) in [5.41, 5.74) is 0.998. The number of benzene rings is 1. The van der Waals surface area contributed by atoms with Gasteiger partial charge in [-0.25, -0.2) is 0 Å². The van der Waals surface area contributed by atoms with Crippen LogP contribution in [0.25, 0.3) is 0 Å². The number of rotatable bonds is 1. The van der Waals surface area contributed by atoms with E-state index in [0.717, 1.165) is 5.56 Å². The molecule has 1 atom stereocenters. The first kappa shape index (κ1) is 9.49. The molecule has 0 radical (unpaired) electrons. The second-order valence-corrected chi connectivity index (χ2v) is 3.60. The highest BCUT2D eigenvalue weighted by atomic mass is 35.5. The van der Waals surface area contributed by atoms with E-state index in [2.05, 4.69) is 5.32 Å². The average Bonchev–Trinajstić information content (AvgIpc) is 2.19. The lowest BCUT2D eigenvalue weighted by Crippen LogP contribution is -2.38. The Balaban J connectivity index is 2.12. The van der Waals surface area contributed by atoms with E-state index in [1.165, 1.54) is 0 Å². The van der Waals surface area contributed by atoms with Crippen molar-refractivity contribution in [3.8, 4) is 0 Å². The Kier molecular flexibility index (Phi) is 2.70. The minimum atomic E-state index is -0.0774. The Morgan fingerprint density at radius 2 is 2.36 bits per heavy atom. The maximum atomic E-state index is 10.8. The molecule has 14 heavy (non-hydrogen) atoms. The largest absolute Gasteiger partial charge is 0.362 e. The van der Waals surface area contributed by atoms with Crippen molar-refractivity contribution in [2.75, 3.05) is 13.2 Å². The summed E-state index contributed by atoms with van der Waals surface area (Å²) in [6.45, 7) is 0.635. The normalized spacial score (nSPS) is 21.8. The van der Waals surface area contributed by atoms with Gasteiger partial charge in [0.05, 0.1) is 0 Å². The fraction of sp³-hybridized carbons (Fsp3) is 0.300. The van der Waals surface area contributed by atoms with E-state index in [-0.39, 0.29) is 18.6 Å². The van der Waals surface area contributed by atoms with E-state index in [1.54, 1.807) is 0 Å². The van der Waals surface area contributed by atoms with Crippen LogP contribution in [0.1, 0.15) is 11.7 Å². The smallest absolute Gasteiger partial charge is 0.246 e. The molecule has 0 aliphatic carbocycles. The van der Waals surface area contributed by atoms with Gasteiger partial charge in [0.25, 0.3) is 0 Å². The lowest BCUT2D eigenvalue weighted by Gasteiger charge is -2.23. The van der Waals surface area contributed by atoms with Gasteiger partial charge in [-0.3, -0.25) is 4.79 Å². The van der Waals surface area contributed by atoms with Gasteiger partial charge in [0.15, 0.2) is 0 Å². The number of carbonyl (C=O) groups excluding carboxylic acids is 1. The van der Waals surface area contributed by atoms with Crippen LogP contribution in [0.4, 0.5) is 0 Å². The Morgan fingerprint density at radius 3 is 3.00 bits per heavy atom. The molecule has 1 N–H and O–H groups in total. The van der Waals surface area contributed by atoms with E-state index in [4.69, 9.17) is 16.3 Å². The number of halogens is 1. The molecule has 74 valence electrons. The second-order valence-electron chi connectivity index (χ2n) is 3.16. The molecule has 0 spiro atoms. The molecule has 1 fully saturated rings. The highest BCUT2D eigenvalue weighted by Crippen LogP contribution is 2.21. The van der Waals surface area contributed by atoms with Crippen LogP contribution in [0, 0.1) is 0 Å². The van der Waals surface area contributed by atoms with Gasteiger partial charge in [-0.15, -0.1) is 0 Å². The molecule has 2 rings (SSSR count). The zero-order valence-corrected chi connectivity index (χ0v) is 8.25. The minimum Gasteiger partial charge on any atom is -0.362 e. The monoisotopic (exact) mass is 211 g/mol. The van der Waals surface area contributed by atoms with Crippen molar-refractivity contribution in [1.82, 2.24) is 5.32 Å². The third-order valence-electron chi connectivity index (χ3n) is 2.12. The molecule has 1 amide bonds. The van der Waals surface area contributed by atoms with Crippen LogP contribution in [-0.2, 0) is 9.53 Å². The number of hydrogen-bond donors (Lipinski definition) is 1. The summed E-state index contributed by atoms with van der Waals surface area (Å²) in [4.78, 5) is 10.8. The minimum absolute atomic E-state index is 0.0664. The van der Waals surface area contributed by atoms with Crippen LogP contribution in [0.3, 0.4) is 0 Å². The Labute approximate surface area is 87.0 Å². The van der Waals surface area contributed by atoms with E-state index in [9.17, 15) is 4.79 Å². The second kappa shape index (κ2) is 3.98. The van der Waals surface area contributed by atoms with Crippen LogP contribution in [0.5, 0.6) is 0 Å². The SMILES string of the molecule is O=C1COC(c2cccc(Cl)c2)CN1. The highest BCUT2D eigenvalue weighted by molar-refractivity contribution is 6.30. The molecule has 1 heterocycles. The Bertz CT molecular complexity index is 344. The van der Waals surface area contributed by atoms with Gasteiger partial charge in [0, 0.05) is 11.6 Å². The molecule has 1 aliphatic heterocycles. The van der Waals surface area contributed by atoms with Crippen LogP contribution in [0.2, 0.25) is 5.02 Å². The maximum absolute atomic E-state index is 10.8. The molecule has 1 aliphatic rings. The van der Waals surface area contributed by atoms with Gasteiger partial charge in [0.1, 0.15) is 12.7 Å². The Hall–Kier alpha value is -1.06. The third-order valence-corrected chi connectivity index (χ3v) is 2.36. The number of amides is 1. The number of hydrogen-bond acceptors (Lipinski definition) is 2. The molecule has 4 heteroatoms. The summed E-state index contributed by atoms with van der Waals surface area (Å²) < 4.78 is 5.36. The quantitative estimate of drug-likeness (QED) is 0.765. The van der Waals surface area contributed by atoms with Crippen molar-refractivity contribution in [1.29, 1.82) is 0 Å². The van der Waals surface area contributed by atoms with E-state index < -0.39 is 0 Å². The van der Waals surface area contributed by atoms with Gasteiger partial charge in [0.2, 0.25) is 5.91 Å². The van der Waals surface area contributed by atoms with Crippen molar-refractivity contribution in [2.24, 2.45) is 0 Å². The first-order chi connectivity index (χ1) is 6.75. The molecule has 0 aromatic heterocycles. The van der Waals surface area contributed by atoms with Gasteiger partial charge < -0.3 is 10.1 Å². The van der Waals surface area contributed by atoms with Crippen molar-refractivity contribution in [3.05, 3.63) is 34.9 Å². The first-order valence-electron chi connectivity index (χ1n) is 4.39. The van der Waals surface area contributed by atoms with E-state index >= 15 is 0 Å². The highest BCUT2D eigenvalue weighted by Gasteiger charge is 2.19. The fourth-order valence-electron chi connectivity index (χ4n) is 1.41. The summed E-state index contributed by atoms with van der Waals surface area (Å²) in [5, 5.41) is 3.43. The molecular formula is C10H10ClNO2. The predicted octanol–water partition coefficient (Wildman–Crippen LogP) is 1.53. The van der Waals surface area contributed by atoms with E-state index in [0.29, 0.717) is 11.6 Å². The Morgan fingerprint density at radius 1 is 1.50 bits per heavy atom. The van der Waals surface area contributed by atoms with Crippen LogP contribution >= 0.6 is 11.6 Å². The van der Waals surface area contributed by atoms with Crippen molar-refractivity contribution < 1.29 is 9.53 Å². The van der Waals surface area contributed by atoms with Gasteiger partial charge >= 0.3 is 0 Å². The molecule has 0 bridgehead atoms. The number of carbonyl (C=O) groups is 1. The average molecular weight is 212 g/mol. The summed E-state index contributed by atoms with van der Waals surface area (Å²) in [5.74, 6) is -0.0664. The van der Waals surface area contributed by atoms with Gasteiger partial charge in [-0.2, -0.15) is 0 Å². The lowest BCUT2D eigenvalue weighted by molar-refractivity contribution is -0.133. The molecular weight excluding hydrogens is 202 g/mol. The summed E-state index contributed by atoms with van der Waals surface area (Å²) >= 11 is 5.85. The summed E-state index contributed by atoms with van der Waals surface area (Å²) in [7, 11) is 0. The third kappa shape index (κ3) is 2.05. The van der Waals surface area contributed by atoms with Gasteiger partial charge in [-0.05, 0) is 17.7 Å².